The van der Waals surface area contributed by atoms with Crippen LogP contribution in [0.15, 0.2) is 59.5 Å². The molecule has 0 unspecified atom stereocenters. The van der Waals surface area contributed by atoms with Crippen LogP contribution in [0.1, 0.15) is 18.4 Å². The molecule has 4 nitrogen and oxygen atoms in total. The molecule has 0 bridgehead atoms. The fourth-order valence-electron chi connectivity index (χ4n) is 2.24. The van der Waals surface area contributed by atoms with Gasteiger partial charge in [0.15, 0.2) is 6.61 Å². The van der Waals surface area contributed by atoms with Crippen molar-refractivity contribution >= 4 is 35.2 Å². The van der Waals surface area contributed by atoms with E-state index in [1.807, 2.05) is 42.5 Å². The molecule has 0 saturated heterocycles. The third-order valence-electron chi connectivity index (χ3n) is 3.57. The number of thioether (sulfide) groups is 1. The number of esters is 1. The Hall–Kier alpha value is -1.98. The predicted molar refractivity (Wildman–Crippen MR) is 106 cm³/mol. The number of carbonyl (C=O) groups excluding carboxylic acids is 2. The maximum absolute atomic E-state index is 11.7. The Balaban J connectivity index is 1.53. The van der Waals surface area contributed by atoms with E-state index in [0.29, 0.717) is 17.3 Å². The van der Waals surface area contributed by atoms with Crippen LogP contribution < -0.4 is 5.32 Å². The Labute approximate surface area is 163 Å². The number of hydrogen-bond acceptors (Lipinski definition) is 4. The minimum atomic E-state index is -0.385. The maximum Gasteiger partial charge on any atom is 0.307 e. The molecule has 0 aliphatic heterocycles. The quantitative estimate of drug-likeness (QED) is 0.376. The van der Waals surface area contributed by atoms with Crippen molar-refractivity contribution in [1.82, 2.24) is 5.32 Å². The van der Waals surface area contributed by atoms with Gasteiger partial charge in [0.25, 0.3) is 5.91 Å². The molecule has 1 amide bonds. The molecular formula is C20H22ClNO3S. The third kappa shape index (κ3) is 7.93. The van der Waals surface area contributed by atoms with Crippen molar-refractivity contribution in [2.45, 2.75) is 24.2 Å². The number of amides is 1. The van der Waals surface area contributed by atoms with E-state index in [0.717, 1.165) is 17.7 Å². The van der Waals surface area contributed by atoms with Crippen molar-refractivity contribution in [2.75, 3.05) is 18.9 Å². The summed E-state index contributed by atoms with van der Waals surface area (Å²) in [6.07, 6.45) is 1.98. The first-order chi connectivity index (χ1) is 12.6. The summed E-state index contributed by atoms with van der Waals surface area (Å²) in [6, 6.07) is 17.6. The number of hydrogen-bond donors (Lipinski definition) is 1. The molecule has 0 saturated carbocycles. The molecule has 0 heterocycles. The molecule has 0 atom stereocenters. The van der Waals surface area contributed by atoms with E-state index in [4.69, 9.17) is 16.3 Å². The lowest BCUT2D eigenvalue weighted by molar-refractivity contribution is -0.148. The van der Waals surface area contributed by atoms with Gasteiger partial charge < -0.3 is 10.1 Å². The summed E-state index contributed by atoms with van der Waals surface area (Å²) in [7, 11) is 0. The van der Waals surface area contributed by atoms with Crippen LogP contribution in [0.3, 0.4) is 0 Å². The number of halogens is 1. The van der Waals surface area contributed by atoms with Gasteiger partial charge in [0.05, 0.1) is 11.4 Å². The summed E-state index contributed by atoms with van der Waals surface area (Å²) < 4.78 is 4.99. The number of ether oxygens (including phenoxy) is 1. The molecule has 6 heteroatoms. The molecule has 0 spiro atoms. The van der Waals surface area contributed by atoms with Crippen LogP contribution in [0.25, 0.3) is 0 Å². The van der Waals surface area contributed by atoms with Crippen molar-refractivity contribution in [2.24, 2.45) is 0 Å². The van der Waals surface area contributed by atoms with Gasteiger partial charge in [-0.25, -0.2) is 0 Å². The minimum absolute atomic E-state index is 0.233. The monoisotopic (exact) mass is 391 g/mol. The average Bonchev–Trinajstić information content (AvgIpc) is 2.66. The standard InChI is InChI=1S/C20H22ClNO3S/c21-17-10-4-5-11-18(17)26-14-12-20(24)25-15-19(23)22-13-6-9-16-7-2-1-3-8-16/h1-5,7-8,10-11H,6,9,12-15H2,(H,22,23). The van der Waals surface area contributed by atoms with Gasteiger partial charge in [0, 0.05) is 17.2 Å². The smallest absolute Gasteiger partial charge is 0.307 e. The highest BCUT2D eigenvalue weighted by Crippen LogP contribution is 2.26. The lowest BCUT2D eigenvalue weighted by atomic mass is 10.1. The van der Waals surface area contributed by atoms with Crippen LogP contribution in [0, 0.1) is 0 Å². The zero-order valence-corrected chi connectivity index (χ0v) is 16.0. The molecule has 26 heavy (non-hydrogen) atoms. The van der Waals surface area contributed by atoms with E-state index in [1.165, 1.54) is 17.3 Å². The van der Waals surface area contributed by atoms with Crippen molar-refractivity contribution in [3.63, 3.8) is 0 Å². The van der Waals surface area contributed by atoms with Gasteiger partial charge in [-0.15, -0.1) is 11.8 Å². The van der Waals surface area contributed by atoms with E-state index >= 15 is 0 Å². The fourth-order valence-corrected chi connectivity index (χ4v) is 3.41. The van der Waals surface area contributed by atoms with Gasteiger partial charge in [-0.1, -0.05) is 54.1 Å². The second kappa shape index (κ2) is 11.6. The van der Waals surface area contributed by atoms with Crippen molar-refractivity contribution in [3.8, 4) is 0 Å². The summed E-state index contributed by atoms with van der Waals surface area (Å²) >= 11 is 7.54. The van der Waals surface area contributed by atoms with E-state index in [9.17, 15) is 9.59 Å². The van der Waals surface area contributed by atoms with Crippen molar-refractivity contribution in [1.29, 1.82) is 0 Å². The Morgan fingerprint density at radius 2 is 1.77 bits per heavy atom. The zero-order valence-electron chi connectivity index (χ0n) is 14.4. The lowest BCUT2D eigenvalue weighted by Gasteiger charge is -2.07. The predicted octanol–water partition coefficient (Wildman–Crippen LogP) is 4.11. The molecule has 0 aliphatic rings. The van der Waals surface area contributed by atoms with Crippen LogP contribution in [0.5, 0.6) is 0 Å². The first-order valence-corrected chi connectivity index (χ1v) is 9.85. The molecule has 0 aromatic heterocycles. The van der Waals surface area contributed by atoms with Crippen LogP contribution in [0.4, 0.5) is 0 Å². The zero-order chi connectivity index (χ0) is 18.6. The molecule has 2 aromatic rings. The summed E-state index contributed by atoms with van der Waals surface area (Å²) in [4.78, 5) is 24.3. The number of benzene rings is 2. The first kappa shape index (κ1) is 20.3. The Morgan fingerprint density at radius 3 is 2.54 bits per heavy atom. The Kier molecular flexibility index (Phi) is 9.07. The van der Waals surface area contributed by atoms with Gasteiger partial charge in [0.2, 0.25) is 0 Å². The minimum Gasteiger partial charge on any atom is -0.456 e. The summed E-state index contributed by atoms with van der Waals surface area (Å²) in [5, 5.41) is 3.43. The largest absolute Gasteiger partial charge is 0.456 e. The molecule has 0 radical (unpaired) electrons. The summed E-state index contributed by atoms with van der Waals surface area (Å²) in [5.74, 6) is -0.101. The van der Waals surface area contributed by atoms with Crippen molar-refractivity contribution in [3.05, 3.63) is 65.2 Å². The van der Waals surface area contributed by atoms with Crippen molar-refractivity contribution < 1.29 is 14.3 Å². The Bertz CT molecular complexity index is 709. The molecule has 1 N–H and O–H groups in total. The number of carbonyl (C=O) groups is 2. The first-order valence-electron chi connectivity index (χ1n) is 8.49. The summed E-state index contributed by atoms with van der Waals surface area (Å²) in [6.45, 7) is 0.328. The number of nitrogens with one attached hydrogen (secondary N) is 1. The second-order valence-electron chi connectivity index (χ2n) is 5.63. The number of aryl methyl sites for hydroxylation is 1. The molecule has 138 valence electrons. The lowest BCUT2D eigenvalue weighted by Crippen LogP contribution is -2.29. The van der Waals surface area contributed by atoms with Crippen LogP contribution in [-0.4, -0.2) is 30.8 Å². The van der Waals surface area contributed by atoms with E-state index in [1.54, 1.807) is 0 Å². The highest BCUT2D eigenvalue weighted by Gasteiger charge is 2.08. The number of rotatable bonds is 10. The molecule has 2 rings (SSSR count). The van der Waals surface area contributed by atoms with Gasteiger partial charge in [-0.2, -0.15) is 0 Å². The van der Waals surface area contributed by atoms with Crippen LogP contribution in [0.2, 0.25) is 5.02 Å². The molecule has 0 fully saturated rings. The normalized spacial score (nSPS) is 10.3. The SMILES string of the molecule is O=C(COC(=O)CCSc1ccccc1Cl)NCCCc1ccccc1. The highest BCUT2D eigenvalue weighted by atomic mass is 35.5. The highest BCUT2D eigenvalue weighted by molar-refractivity contribution is 7.99. The van der Waals surface area contributed by atoms with Gasteiger partial charge in [-0.3, -0.25) is 9.59 Å². The molecular weight excluding hydrogens is 370 g/mol. The fraction of sp³-hybridized carbons (Fsp3) is 0.300. The topological polar surface area (TPSA) is 55.4 Å². The van der Waals surface area contributed by atoms with Gasteiger partial charge in [0.1, 0.15) is 0 Å². The van der Waals surface area contributed by atoms with Crippen LogP contribution >= 0.6 is 23.4 Å². The third-order valence-corrected chi connectivity index (χ3v) is 5.09. The maximum atomic E-state index is 11.7. The summed E-state index contributed by atoms with van der Waals surface area (Å²) in [5.41, 5.74) is 1.24. The Morgan fingerprint density at radius 1 is 1.04 bits per heavy atom. The van der Waals surface area contributed by atoms with Gasteiger partial charge in [-0.05, 0) is 30.5 Å². The van der Waals surface area contributed by atoms with E-state index in [-0.39, 0.29) is 24.9 Å². The van der Waals surface area contributed by atoms with Crippen LogP contribution in [-0.2, 0) is 20.7 Å². The van der Waals surface area contributed by atoms with E-state index in [2.05, 4.69) is 17.4 Å². The van der Waals surface area contributed by atoms with E-state index < -0.39 is 0 Å². The second-order valence-corrected chi connectivity index (χ2v) is 7.17. The van der Waals surface area contributed by atoms with Gasteiger partial charge >= 0.3 is 5.97 Å². The molecule has 0 aliphatic carbocycles. The average molecular weight is 392 g/mol. The molecule has 2 aromatic carbocycles.